The van der Waals surface area contributed by atoms with Crippen molar-refractivity contribution in [3.05, 3.63) is 65.9 Å². The molecule has 0 bridgehead atoms. The van der Waals surface area contributed by atoms with Crippen molar-refractivity contribution in [3.63, 3.8) is 0 Å². The number of methoxy groups -OCH3 is 1. The van der Waals surface area contributed by atoms with Crippen LogP contribution in [0.4, 0.5) is 5.82 Å². The van der Waals surface area contributed by atoms with Crippen LogP contribution in [0, 0.1) is 11.3 Å². The zero-order valence-corrected chi connectivity index (χ0v) is 17.0. The van der Waals surface area contributed by atoms with E-state index in [0.717, 1.165) is 0 Å². The summed E-state index contributed by atoms with van der Waals surface area (Å²) in [5.74, 6) is -0.431. The third-order valence-corrected chi connectivity index (χ3v) is 5.42. The standard InChI is InChI=1S/C20H18N4O5S/c1-3-29-20(25)18-17(13-21)19(23-30(26,27)16-7-5-4-6-8-16)24(22-18)14-9-11-15(28-2)12-10-14/h4-12,23H,3H2,1-2H3. The molecule has 3 rings (SSSR count). The van der Waals surface area contributed by atoms with Crippen LogP contribution in [-0.2, 0) is 14.8 Å². The maximum absolute atomic E-state index is 12.9. The van der Waals surface area contributed by atoms with Crippen LogP contribution in [0.2, 0.25) is 0 Å². The summed E-state index contributed by atoms with van der Waals surface area (Å²) in [7, 11) is -2.54. The number of hydrogen-bond donors (Lipinski definition) is 1. The number of carbonyl (C=O) groups is 1. The quantitative estimate of drug-likeness (QED) is 0.576. The lowest BCUT2D eigenvalue weighted by molar-refractivity contribution is 0.0518. The van der Waals surface area contributed by atoms with E-state index in [-0.39, 0.29) is 28.6 Å². The lowest BCUT2D eigenvalue weighted by atomic mass is 10.2. The summed E-state index contributed by atoms with van der Waals surface area (Å²) in [4.78, 5) is 12.3. The fourth-order valence-corrected chi connectivity index (χ4v) is 3.73. The monoisotopic (exact) mass is 426 g/mol. The normalized spacial score (nSPS) is 10.8. The number of sulfonamides is 1. The van der Waals surface area contributed by atoms with E-state index >= 15 is 0 Å². The highest BCUT2D eigenvalue weighted by Gasteiger charge is 2.28. The van der Waals surface area contributed by atoms with Crippen molar-refractivity contribution in [1.29, 1.82) is 5.26 Å². The zero-order chi connectivity index (χ0) is 21.7. The molecule has 10 heteroatoms. The summed E-state index contributed by atoms with van der Waals surface area (Å²) in [6, 6.07) is 16.0. The first-order chi connectivity index (χ1) is 14.4. The van der Waals surface area contributed by atoms with Gasteiger partial charge in [0.15, 0.2) is 11.5 Å². The number of esters is 1. The molecule has 0 saturated heterocycles. The van der Waals surface area contributed by atoms with Gasteiger partial charge in [0.25, 0.3) is 10.0 Å². The van der Waals surface area contributed by atoms with Gasteiger partial charge in [0, 0.05) is 0 Å². The van der Waals surface area contributed by atoms with E-state index in [2.05, 4.69) is 9.82 Å². The lowest BCUT2D eigenvalue weighted by Gasteiger charge is -2.11. The van der Waals surface area contributed by atoms with Crippen LogP contribution in [-0.4, -0.2) is 37.9 Å². The Morgan fingerprint density at radius 3 is 2.40 bits per heavy atom. The van der Waals surface area contributed by atoms with Gasteiger partial charge >= 0.3 is 5.97 Å². The molecule has 0 fully saturated rings. The highest BCUT2D eigenvalue weighted by Crippen LogP contribution is 2.27. The van der Waals surface area contributed by atoms with Gasteiger partial charge < -0.3 is 9.47 Å². The molecule has 0 aliphatic carbocycles. The molecule has 1 heterocycles. The Balaban J connectivity index is 2.18. The van der Waals surface area contributed by atoms with Crippen LogP contribution in [0.5, 0.6) is 5.75 Å². The second-order valence-electron chi connectivity index (χ2n) is 5.93. The molecule has 0 aliphatic heterocycles. The zero-order valence-electron chi connectivity index (χ0n) is 16.2. The van der Waals surface area contributed by atoms with Gasteiger partial charge in [0.2, 0.25) is 0 Å². The molecular weight excluding hydrogens is 408 g/mol. The molecule has 0 amide bonds. The van der Waals surface area contributed by atoms with Crippen molar-refractivity contribution in [2.24, 2.45) is 0 Å². The van der Waals surface area contributed by atoms with Crippen molar-refractivity contribution < 1.29 is 22.7 Å². The molecule has 2 aromatic carbocycles. The number of ether oxygens (including phenoxy) is 2. The lowest BCUT2D eigenvalue weighted by Crippen LogP contribution is -2.16. The maximum atomic E-state index is 12.9. The van der Waals surface area contributed by atoms with Gasteiger partial charge in [-0.3, -0.25) is 4.72 Å². The SMILES string of the molecule is CCOC(=O)c1nn(-c2ccc(OC)cc2)c(NS(=O)(=O)c2ccccc2)c1C#N. The molecule has 0 atom stereocenters. The van der Waals surface area contributed by atoms with Crippen molar-refractivity contribution in [3.8, 4) is 17.5 Å². The topological polar surface area (TPSA) is 123 Å². The van der Waals surface area contributed by atoms with Crippen LogP contribution in [0.15, 0.2) is 59.5 Å². The Bertz CT molecular complexity index is 1200. The van der Waals surface area contributed by atoms with E-state index in [0.29, 0.717) is 11.4 Å². The summed E-state index contributed by atoms with van der Waals surface area (Å²) in [5.41, 5.74) is -0.127. The van der Waals surface area contributed by atoms with Crippen LogP contribution in [0.1, 0.15) is 23.0 Å². The molecule has 0 aliphatic rings. The van der Waals surface area contributed by atoms with Gasteiger partial charge in [-0.05, 0) is 43.3 Å². The van der Waals surface area contributed by atoms with E-state index in [1.54, 1.807) is 49.4 Å². The Labute approximate surface area is 173 Å². The largest absolute Gasteiger partial charge is 0.497 e. The first-order valence-corrected chi connectivity index (χ1v) is 10.3. The van der Waals surface area contributed by atoms with Crippen molar-refractivity contribution in [1.82, 2.24) is 9.78 Å². The molecule has 0 radical (unpaired) electrons. The molecule has 154 valence electrons. The summed E-state index contributed by atoms with van der Waals surface area (Å²) in [6.45, 7) is 1.69. The van der Waals surface area contributed by atoms with E-state index in [9.17, 15) is 18.5 Å². The van der Waals surface area contributed by atoms with Crippen molar-refractivity contribution in [2.75, 3.05) is 18.4 Å². The fraction of sp³-hybridized carbons (Fsp3) is 0.150. The van der Waals surface area contributed by atoms with Crippen LogP contribution >= 0.6 is 0 Å². The molecular formula is C20H18N4O5S. The number of anilines is 1. The molecule has 3 aromatic rings. The van der Waals surface area contributed by atoms with E-state index < -0.39 is 16.0 Å². The highest BCUT2D eigenvalue weighted by atomic mass is 32.2. The predicted molar refractivity (Wildman–Crippen MR) is 108 cm³/mol. The minimum atomic E-state index is -4.05. The molecule has 1 aromatic heterocycles. The maximum Gasteiger partial charge on any atom is 0.360 e. The minimum absolute atomic E-state index is 0.00550. The Morgan fingerprint density at radius 1 is 1.17 bits per heavy atom. The van der Waals surface area contributed by atoms with Crippen LogP contribution in [0.3, 0.4) is 0 Å². The number of nitriles is 1. The summed E-state index contributed by atoms with van der Waals surface area (Å²) in [6.07, 6.45) is 0. The molecule has 0 spiro atoms. The number of nitrogens with zero attached hydrogens (tertiary/aromatic N) is 3. The van der Waals surface area contributed by atoms with Crippen molar-refractivity contribution >= 4 is 21.8 Å². The summed E-state index contributed by atoms with van der Waals surface area (Å²) in [5, 5.41) is 13.8. The van der Waals surface area contributed by atoms with Gasteiger partial charge in [0.05, 0.1) is 24.3 Å². The van der Waals surface area contributed by atoms with Crippen LogP contribution in [0.25, 0.3) is 5.69 Å². The Hall–Kier alpha value is -3.84. The summed E-state index contributed by atoms with van der Waals surface area (Å²) < 4.78 is 39.4. The predicted octanol–water partition coefficient (Wildman–Crippen LogP) is 2.73. The van der Waals surface area contributed by atoms with Gasteiger partial charge in [-0.1, -0.05) is 18.2 Å². The number of carbonyl (C=O) groups excluding carboxylic acids is 1. The third kappa shape index (κ3) is 4.11. The Kier molecular flexibility index (Phi) is 6.03. The Morgan fingerprint density at radius 2 is 1.83 bits per heavy atom. The molecule has 0 saturated carbocycles. The van der Waals surface area contributed by atoms with Gasteiger partial charge in [-0.15, -0.1) is 0 Å². The molecule has 1 N–H and O–H groups in total. The average Bonchev–Trinajstić information content (AvgIpc) is 3.12. The molecule has 0 unspecified atom stereocenters. The number of benzene rings is 2. The minimum Gasteiger partial charge on any atom is -0.497 e. The number of aromatic nitrogens is 2. The van der Waals surface area contributed by atoms with E-state index in [1.165, 1.54) is 23.9 Å². The highest BCUT2D eigenvalue weighted by molar-refractivity contribution is 7.92. The van der Waals surface area contributed by atoms with E-state index in [4.69, 9.17) is 9.47 Å². The van der Waals surface area contributed by atoms with Gasteiger partial charge in [-0.2, -0.15) is 10.4 Å². The van der Waals surface area contributed by atoms with Crippen LogP contribution < -0.4 is 9.46 Å². The number of nitrogens with one attached hydrogen (secondary N) is 1. The average molecular weight is 426 g/mol. The summed E-state index contributed by atoms with van der Waals surface area (Å²) >= 11 is 0. The smallest absolute Gasteiger partial charge is 0.360 e. The fourth-order valence-electron chi connectivity index (χ4n) is 2.66. The molecule has 30 heavy (non-hydrogen) atoms. The van der Waals surface area contributed by atoms with Crippen molar-refractivity contribution in [2.45, 2.75) is 11.8 Å². The number of rotatable bonds is 7. The second kappa shape index (κ2) is 8.67. The van der Waals surface area contributed by atoms with Gasteiger partial charge in [-0.25, -0.2) is 17.9 Å². The first kappa shape index (κ1) is 20.9. The first-order valence-electron chi connectivity index (χ1n) is 8.83. The number of hydrogen-bond acceptors (Lipinski definition) is 7. The van der Waals surface area contributed by atoms with E-state index in [1.807, 2.05) is 6.07 Å². The second-order valence-corrected chi connectivity index (χ2v) is 7.62. The molecule has 9 nitrogen and oxygen atoms in total. The van der Waals surface area contributed by atoms with Gasteiger partial charge in [0.1, 0.15) is 17.4 Å². The third-order valence-electron chi connectivity index (χ3n) is 4.07.